The zero-order valence-electron chi connectivity index (χ0n) is 12.1. The maximum Gasteiger partial charge on any atom is 0.126 e. The Bertz CT molecular complexity index is 448. The topological polar surface area (TPSA) is 12.0 Å². The van der Waals surface area contributed by atoms with E-state index in [4.69, 9.17) is 0 Å². The molecule has 3 heteroatoms. The second-order valence-corrected chi connectivity index (χ2v) is 5.43. The average Bonchev–Trinajstić information content (AvgIpc) is 2.35. The molecule has 0 fully saturated rings. The van der Waals surface area contributed by atoms with Gasteiger partial charge in [0.25, 0.3) is 0 Å². The lowest BCUT2D eigenvalue weighted by molar-refractivity contribution is 0.538. The summed E-state index contributed by atoms with van der Waals surface area (Å²) in [5.41, 5.74) is 1.97. The summed E-state index contributed by atoms with van der Waals surface area (Å²) < 4.78 is 26.9. The Morgan fingerprint density at radius 1 is 1.05 bits per heavy atom. The van der Waals surface area contributed by atoms with Gasteiger partial charge in [-0.2, -0.15) is 0 Å². The van der Waals surface area contributed by atoms with Gasteiger partial charge < -0.3 is 5.32 Å². The molecule has 1 N–H and O–H groups in total. The zero-order valence-corrected chi connectivity index (χ0v) is 12.1. The van der Waals surface area contributed by atoms with Gasteiger partial charge in [0.2, 0.25) is 0 Å². The predicted molar refractivity (Wildman–Crippen MR) is 78.6 cm³/mol. The number of benzene rings is 1. The first-order chi connectivity index (χ1) is 9.70. The molecule has 20 heavy (non-hydrogen) atoms. The number of nitrogens with one attached hydrogen (secondary N) is 1. The first-order valence-corrected chi connectivity index (χ1v) is 7.59. The highest BCUT2D eigenvalue weighted by Crippen LogP contribution is 2.29. The largest absolute Gasteiger partial charge is 0.307 e. The van der Waals surface area contributed by atoms with E-state index in [1.807, 2.05) is 6.92 Å². The van der Waals surface area contributed by atoms with Crippen molar-refractivity contribution in [2.24, 2.45) is 0 Å². The second-order valence-electron chi connectivity index (χ2n) is 5.43. The van der Waals surface area contributed by atoms with Crippen LogP contribution < -0.4 is 5.32 Å². The van der Waals surface area contributed by atoms with Crippen molar-refractivity contribution in [1.29, 1.82) is 0 Å². The lowest BCUT2D eigenvalue weighted by Crippen LogP contribution is -2.23. The van der Waals surface area contributed by atoms with Gasteiger partial charge >= 0.3 is 0 Å². The number of rotatable bonds is 4. The van der Waals surface area contributed by atoms with Crippen LogP contribution in [0.5, 0.6) is 0 Å². The molecular formula is C17H23F2N. The third kappa shape index (κ3) is 4.14. The molecule has 0 aromatic heterocycles. The number of halogens is 2. The first-order valence-electron chi connectivity index (χ1n) is 7.59. The van der Waals surface area contributed by atoms with E-state index in [-0.39, 0.29) is 6.04 Å². The minimum Gasteiger partial charge on any atom is -0.307 e. The lowest BCUT2D eigenvalue weighted by Gasteiger charge is -2.23. The van der Waals surface area contributed by atoms with Crippen LogP contribution in [0, 0.1) is 11.6 Å². The van der Waals surface area contributed by atoms with Crippen molar-refractivity contribution in [2.45, 2.75) is 51.5 Å². The minimum absolute atomic E-state index is 0.0664. The molecule has 0 amide bonds. The number of hydrogen-bond acceptors (Lipinski definition) is 1. The Labute approximate surface area is 120 Å². The summed E-state index contributed by atoms with van der Waals surface area (Å²) in [4.78, 5) is 0. The highest BCUT2D eigenvalue weighted by molar-refractivity contribution is 5.29. The molecule has 0 heterocycles. The maximum atomic E-state index is 13.5. The molecule has 110 valence electrons. The van der Waals surface area contributed by atoms with E-state index in [2.05, 4.69) is 11.4 Å². The lowest BCUT2D eigenvalue weighted by atomic mass is 9.91. The summed E-state index contributed by atoms with van der Waals surface area (Å²) in [5, 5.41) is 3.37. The first kappa shape index (κ1) is 15.2. The molecule has 1 aliphatic carbocycles. The predicted octanol–water partition coefficient (Wildman–Crippen LogP) is 4.90. The van der Waals surface area contributed by atoms with Gasteiger partial charge in [-0.3, -0.25) is 0 Å². The van der Waals surface area contributed by atoms with E-state index >= 15 is 0 Å². The monoisotopic (exact) mass is 279 g/mol. The van der Waals surface area contributed by atoms with Gasteiger partial charge in [-0.25, -0.2) is 8.78 Å². The second kappa shape index (κ2) is 7.53. The summed E-state index contributed by atoms with van der Waals surface area (Å²) in [6, 6.07) is 3.74. The highest BCUT2D eigenvalue weighted by Gasteiger charge is 2.17. The van der Waals surface area contributed by atoms with Crippen molar-refractivity contribution in [3.63, 3.8) is 0 Å². The van der Waals surface area contributed by atoms with Crippen LogP contribution in [-0.2, 0) is 0 Å². The van der Waals surface area contributed by atoms with E-state index in [1.54, 1.807) is 0 Å². The standard InChI is InChI=1S/C17H23F2N/c1-2-20-17(13-8-6-4-3-5-7-9-13)14-10-15(18)12-16(19)11-14/h8,10-12,17,20H,2-7,9H2,1H3/b13-8+. The number of likely N-dealkylation sites (N-methyl/N-ethyl adjacent to an activating group) is 1. The summed E-state index contributed by atoms with van der Waals surface area (Å²) in [5.74, 6) is -1.01. The molecule has 0 aliphatic heterocycles. The molecule has 0 spiro atoms. The average molecular weight is 279 g/mol. The Balaban J connectivity index is 2.28. The molecule has 1 aromatic rings. The van der Waals surface area contributed by atoms with Gasteiger partial charge in [0.1, 0.15) is 11.6 Å². The Morgan fingerprint density at radius 3 is 2.45 bits per heavy atom. The van der Waals surface area contributed by atoms with E-state index in [9.17, 15) is 8.78 Å². The van der Waals surface area contributed by atoms with Gasteiger partial charge in [-0.1, -0.05) is 31.4 Å². The van der Waals surface area contributed by atoms with Crippen LogP contribution in [0.2, 0.25) is 0 Å². The summed E-state index contributed by atoms with van der Waals surface area (Å²) >= 11 is 0. The fourth-order valence-electron chi connectivity index (χ4n) is 2.89. The summed E-state index contributed by atoms with van der Waals surface area (Å²) in [6.07, 6.45) is 9.23. The molecule has 0 radical (unpaired) electrons. The van der Waals surface area contributed by atoms with Crippen LogP contribution >= 0.6 is 0 Å². The summed E-state index contributed by atoms with van der Waals surface area (Å²) in [6.45, 7) is 2.80. The van der Waals surface area contributed by atoms with Crippen molar-refractivity contribution in [2.75, 3.05) is 6.54 Å². The van der Waals surface area contributed by atoms with E-state index in [0.717, 1.165) is 31.9 Å². The quantitative estimate of drug-likeness (QED) is 0.773. The Morgan fingerprint density at radius 2 is 1.75 bits per heavy atom. The third-order valence-electron chi connectivity index (χ3n) is 3.82. The van der Waals surface area contributed by atoms with E-state index < -0.39 is 11.6 Å². The van der Waals surface area contributed by atoms with Crippen molar-refractivity contribution in [3.8, 4) is 0 Å². The van der Waals surface area contributed by atoms with Crippen molar-refractivity contribution < 1.29 is 8.78 Å². The number of hydrogen-bond donors (Lipinski definition) is 1. The van der Waals surface area contributed by atoms with Crippen LogP contribution in [0.25, 0.3) is 0 Å². The number of allylic oxidation sites excluding steroid dienone is 1. The SMILES string of the molecule is CCNC(/C1=C/CCCCCC1)c1cc(F)cc(F)c1. The van der Waals surface area contributed by atoms with Gasteiger partial charge in [0.15, 0.2) is 0 Å². The van der Waals surface area contributed by atoms with Crippen LogP contribution in [-0.4, -0.2) is 6.54 Å². The third-order valence-corrected chi connectivity index (χ3v) is 3.82. The molecule has 0 saturated carbocycles. The Kier molecular flexibility index (Phi) is 5.72. The Hall–Kier alpha value is -1.22. The van der Waals surface area contributed by atoms with Crippen LogP contribution in [0.4, 0.5) is 8.78 Å². The smallest absolute Gasteiger partial charge is 0.126 e. The molecular weight excluding hydrogens is 256 g/mol. The molecule has 1 unspecified atom stereocenters. The molecule has 1 atom stereocenters. The van der Waals surface area contributed by atoms with Crippen LogP contribution in [0.3, 0.4) is 0 Å². The van der Waals surface area contributed by atoms with Crippen molar-refractivity contribution in [3.05, 3.63) is 47.0 Å². The van der Waals surface area contributed by atoms with E-state index in [1.165, 1.54) is 37.0 Å². The molecule has 2 rings (SSSR count). The van der Waals surface area contributed by atoms with Gasteiger partial charge in [0.05, 0.1) is 6.04 Å². The maximum absolute atomic E-state index is 13.5. The van der Waals surface area contributed by atoms with Gasteiger partial charge in [0, 0.05) is 6.07 Å². The highest BCUT2D eigenvalue weighted by atomic mass is 19.1. The minimum atomic E-state index is -0.505. The van der Waals surface area contributed by atoms with Gasteiger partial charge in [-0.05, 0) is 49.9 Å². The molecule has 1 aliphatic rings. The molecule has 0 bridgehead atoms. The fraction of sp³-hybridized carbons (Fsp3) is 0.529. The fourth-order valence-corrected chi connectivity index (χ4v) is 2.89. The summed E-state index contributed by atoms with van der Waals surface area (Å²) in [7, 11) is 0. The van der Waals surface area contributed by atoms with Gasteiger partial charge in [-0.15, -0.1) is 0 Å². The van der Waals surface area contributed by atoms with Crippen molar-refractivity contribution >= 4 is 0 Å². The van der Waals surface area contributed by atoms with Crippen LogP contribution in [0.15, 0.2) is 29.8 Å². The molecule has 0 saturated heterocycles. The van der Waals surface area contributed by atoms with Crippen LogP contribution in [0.1, 0.15) is 57.1 Å². The van der Waals surface area contributed by atoms with E-state index in [0.29, 0.717) is 5.56 Å². The zero-order chi connectivity index (χ0) is 14.4. The normalized spacial score (nSPS) is 20.6. The van der Waals surface area contributed by atoms with Crippen molar-refractivity contribution in [1.82, 2.24) is 5.32 Å². The molecule has 1 nitrogen and oxygen atoms in total. The molecule has 1 aromatic carbocycles.